The van der Waals surface area contributed by atoms with Crippen LogP contribution in [0.1, 0.15) is 46.0 Å². The molecular formula is C25H34ClN3O5. The molecule has 1 aromatic carbocycles. The van der Waals surface area contributed by atoms with E-state index in [1.54, 1.807) is 36.2 Å². The molecule has 6 atom stereocenters. The number of hydrogen-bond acceptors (Lipinski definition) is 5. The summed E-state index contributed by atoms with van der Waals surface area (Å²) in [5.74, 6) is -2.08. The number of likely N-dealkylation sites (tertiary alicyclic amines) is 1. The van der Waals surface area contributed by atoms with Gasteiger partial charge in [-0.3, -0.25) is 14.4 Å². The van der Waals surface area contributed by atoms with E-state index < -0.39 is 29.1 Å². The van der Waals surface area contributed by atoms with Crippen LogP contribution in [0.15, 0.2) is 24.3 Å². The zero-order valence-electron chi connectivity index (χ0n) is 20.0. The van der Waals surface area contributed by atoms with Crippen molar-refractivity contribution >= 4 is 35.0 Å². The van der Waals surface area contributed by atoms with Crippen LogP contribution in [0, 0.1) is 17.8 Å². The van der Waals surface area contributed by atoms with Gasteiger partial charge < -0.3 is 25.4 Å². The second kappa shape index (κ2) is 9.47. The average Bonchev–Trinajstić information content (AvgIpc) is 3.31. The minimum Gasteiger partial charge on any atom is -0.396 e. The number of benzene rings is 1. The van der Waals surface area contributed by atoms with E-state index in [0.717, 1.165) is 12.8 Å². The van der Waals surface area contributed by atoms with Gasteiger partial charge in [0, 0.05) is 30.9 Å². The van der Waals surface area contributed by atoms with Crippen molar-refractivity contribution in [1.82, 2.24) is 10.2 Å². The Labute approximate surface area is 205 Å². The maximum absolute atomic E-state index is 13.8. The van der Waals surface area contributed by atoms with Crippen LogP contribution in [-0.4, -0.2) is 65.2 Å². The molecule has 1 aromatic rings. The Morgan fingerprint density at radius 1 is 1.18 bits per heavy atom. The van der Waals surface area contributed by atoms with Gasteiger partial charge in [-0.05, 0) is 56.4 Å². The molecule has 8 nitrogen and oxygen atoms in total. The fraction of sp³-hybridized carbons (Fsp3) is 0.640. The van der Waals surface area contributed by atoms with Crippen molar-refractivity contribution < 1.29 is 24.2 Å². The highest BCUT2D eigenvalue weighted by Gasteiger charge is 2.79. The molecule has 9 heteroatoms. The highest BCUT2D eigenvalue weighted by Crippen LogP contribution is 2.65. The van der Waals surface area contributed by atoms with Gasteiger partial charge in [0.15, 0.2) is 0 Å². The first-order chi connectivity index (χ1) is 16.2. The van der Waals surface area contributed by atoms with Crippen molar-refractivity contribution in [1.29, 1.82) is 0 Å². The summed E-state index contributed by atoms with van der Waals surface area (Å²) in [5.41, 5.74) is -1.28. The van der Waals surface area contributed by atoms with E-state index in [9.17, 15) is 14.4 Å². The van der Waals surface area contributed by atoms with E-state index in [2.05, 4.69) is 10.6 Å². The number of ether oxygens (including phenoxy) is 1. The van der Waals surface area contributed by atoms with Crippen molar-refractivity contribution in [2.24, 2.45) is 17.8 Å². The Hall–Kier alpha value is -2.16. The van der Waals surface area contributed by atoms with Crippen molar-refractivity contribution in [2.45, 2.75) is 63.2 Å². The number of aliphatic hydroxyl groups excluding tert-OH is 1. The van der Waals surface area contributed by atoms with Crippen LogP contribution in [0.5, 0.6) is 0 Å². The zero-order chi connectivity index (χ0) is 24.7. The fourth-order valence-corrected chi connectivity index (χ4v) is 6.45. The number of nitrogens with zero attached hydrogens (tertiary/aromatic N) is 1. The highest BCUT2D eigenvalue weighted by atomic mass is 35.5. The van der Waals surface area contributed by atoms with Crippen LogP contribution in [0.2, 0.25) is 5.02 Å². The molecule has 3 amide bonds. The Bertz CT molecular complexity index is 956. The largest absolute Gasteiger partial charge is 0.396 e. The van der Waals surface area contributed by atoms with Crippen LogP contribution in [0.25, 0.3) is 0 Å². The number of hydrogen-bond donors (Lipinski definition) is 3. The van der Waals surface area contributed by atoms with Gasteiger partial charge in [0.1, 0.15) is 11.6 Å². The summed E-state index contributed by atoms with van der Waals surface area (Å²) in [4.78, 5) is 42.1. The Morgan fingerprint density at radius 2 is 1.85 bits per heavy atom. The lowest BCUT2D eigenvalue weighted by Gasteiger charge is -2.36. The molecule has 3 saturated heterocycles. The van der Waals surface area contributed by atoms with E-state index in [4.69, 9.17) is 21.4 Å². The molecule has 0 radical (unpaired) electrons. The molecule has 3 aliphatic heterocycles. The Kier molecular flexibility index (Phi) is 6.95. The number of aliphatic hydroxyl groups is 1. The van der Waals surface area contributed by atoms with Gasteiger partial charge in [0.05, 0.1) is 17.4 Å². The van der Waals surface area contributed by atoms with E-state index in [1.165, 1.54) is 0 Å². The van der Waals surface area contributed by atoms with Crippen molar-refractivity contribution in [3.05, 3.63) is 29.3 Å². The fourth-order valence-electron chi connectivity index (χ4n) is 6.33. The van der Waals surface area contributed by atoms with Crippen molar-refractivity contribution in [3.63, 3.8) is 0 Å². The molecule has 186 valence electrons. The Morgan fingerprint density at radius 3 is 2.50 bits per heavy atom. The minimum absolute atomic E-state index is 0.00851. The van der Waals surface area contributed by atoms with Crippen molar-refractivity contribution in [3.8, 4) is 0 Å². The lowest BCUT2D eigenvalue weighted by atomic mass is 9.62. The molecule has 3 unspecified atom stereocenters. The van der Waals surface area contributed by atoms with E-state index in [-0.39, 0.29) is 30.2 Å². The molecule has 1 spiro atoms. The minimum atomic E-state index is -1.05. The lowest BCUT2D eigenvalue weighted by Crippen LogP contribution is -2.54. The number of anilines is 1. The molecule has 0 aliphatic carbocycles. The number of halogens is 1. The zero-order valence-corrected chi connectivity index (χ0v) is 20.7. The number of nitrogens with one attached hydrogen (secondary N) is 2. The van der Waals surface area contributed by atoms with E-state index in [1.807, 2.05) is 13.8 Å². The SMILES string of the molecule is CNC(=O)[C@H]1[C@H]2C(=O)N(CCCCCCO)C(C(=O)Nc3ccc(Cl)cc3)C23CC(C)[C@]1(C)O3. The van der Waals surface area contributed by atoms with Crippen LogP contribution < -0.4 is 10.6 Å². The summed E-state index contributed by atoms with van der Waals surface area (Å²) in [7, 11) is 1.57. The van der Waals surface area contributed by atoms with Gasteiger partial charge >= 0.3 is 0 Å². The smallest absolute Gasteiger partial charge is 0.250 e. The van der Waals surface area contributed by atoms with Gasteiger partial charge in [0.2, 0.25) is 17.7 Å². The van der Waals surface area contributed by atoms with Crippen LogP contribution >= 0.6 is 11.6 Å². The molecule has 3 N–H and O–H groups in total. The van der Waals surface area contributed by atoms with Crippen molar-refractivity contribution in [2.75, 3.05) is 25.5 Å². The normalized spacial score (nSPS) is 33.8. The van der Waals surface area contributed by atoms with E-state index in [0.29, 0.717) is 36.5 Å². The molecule has 0 aromatic heterocycles. The molecule has 3 aliphatic rings. The molecule has 2 bridgehead atoms. The first-order valence-corrected chi connectivity index (χ1v) is 12.5. The third-order valence-electron chi connectivity index (χ3n) is 8.01. The predicted octanol–water partition coefficient (Wildman–Crippen LogP) is 2.59. The molecule has 3 fully saturated rings. The molecular weight excluding hydrogens is 458 g/mol. The summed E-state index contributed by atoms with van der Waals surface area (Å²) >= 11 is 5.99. The lowest BCUT2D eigenvalue weighted by molar-refractivity contribution is -0.146. The second-order valence-electron chi connectivity index (χ2n) is 9.98. The van der Waals surface area contributed by atoms with Gasteiger partial charge in [-0.15, -0.1) is 0 Å². The molecule has 34 heavy (non-hydrogen) atoms. The summed E-state index contributed by atoms with van der Waals surface area (Å²) in [6.45, 7) is 4.45. The van der Waals surface area contributed by atoms with Gasteiger partial charge in [-0.1, -0.05) is 31.4 Å². The topological polar surface area (TPSA) is 108 Å². The van der Waals surface area contributed by atoms with Crippen LogP contribution in [0.3, 0.4) is 0 Å². The standard InChI is InChI=1S/C25H34ClN3O5/c1-15-14-25-19(18(21(31)27-3)24(15,2)34-25)23(33)29(12-6-4-5-7-13-30)20(25)22(32)28-17-10-8-16(26)9-11-17/h8-11,15,18-20,30H,4-7,12-14H2,1-3H3,(H,27,31)(H,28,32)/t15?,18-,19+,20?,24+,25?/m1/s1. The first-order valence-electron chi connectivity index (χ1n) is 12.1. The summed E-state index contributed by atoms with van der Waals surface area (Å²) in [6.07, 6.45) is 3.63. The number of rotatable bonds is 9. The van der Waals surface area contributed by atoms with Gasteiger partial charge in [-0.2, -0.15) is 0 Å². The third kappa shape index (κ3) is 3.89. The van der Waals surface area contributed by atoms with Gasteiger partial charge in [-0.25, -0.2) is 0 Å². The van der Waals surface area contributed by atoms with E-state index >= 15 is 0 Å². The average molecular weight is 492 g/mol. The number of amides is 3. The number of unbranched alkanes of at least 4 members (excludes halogenated alkanes) is 3. The van der Waals surface area contributed by atoms with Gasteiger partial charge in [0.25, 0.3) is 0 Å². The maximum atomic E-state index is 13.8. The van der Waals surface area contributed by atoms with Crippen LogP contribution in [-0.2, 0) is 19.1 Å². The summed E-state index contributed by atoms with van der Waals surface area (Å²) < 4.78 is 6.62. The summed E-state index contributed by atoms with van der Waals surface area (Å²) in [5, 5.41) is 15.3. The second-order valence-corrected chi connectivity index (χ2v) is 10.4. The van der Waals surface area contributed by atoms with Crippen LogP contribution in [0.4, 0.5) is 5.69 Å². The molecule has 0 saturated carbocycles. The number of fused-ring (bicyclic) bond motifs is 1. The Balaban J connectivity index is 1.67. The first kappa shape index (κ1) is 24.9. The number of carbonyl (C=O) groups excluding carboxylic acids is 3. The molecule has 4 rings (SSSR count). The quantitative estimate of drug-likeness (QED) is 0.460. The third-order valence-corrected chi connectivity index (χ3v) is 8.26. The highest BCUT2D eigenvalue weighted by molar-refractivity contribution is 6.30. The number of carbonyl (C=O) groups is 3. The monoisotopic (exact) mass is 491 g/mol. The molecule has 3 heterocycles. The predicted molar refractivity (Wildman–Crippen MR) is 128 cm³/mol. The summed E-state index contributed by atoms with van der Waals surface area (Å²) in [6, 6.07) is 5.99. The maximum Gasteiger partial charge on any atom is 0.250 e.